The van der Waals surface area contributed by atoms with Crippen LogP contribution in [0.2, 0.25) is 0 Å². The number of rotatable bonds is 8. The maximum Gasteiger partial charge on any atom is 0.0991 e. The van der Waals surface area contributed by atoms with E-state index in [4.69, 9.17) is 21.0 Å². The van der Waals surface area contributed by atoms with Crippen LogP contribution in [-0.4, -0.2) is 11.4 Å². The first-order valence-corrected chi connectivity index (χ1v) is 14.2. The van der Waals surface area contributed by atoms with Gasteiger partial charge in [0.05, 0.1) is 57.9 Å². The number of hydrogen-bond acceptors (Lipinski definition) is 8. The van der Waals surface area contributed by atoms with Crippen molar-refractivity contribution in [2.45, 2.75) is 27.7 Å². The summed E-state index contributed by atoms with van der Waals surface area (Å²) in [6, 6.07) is 37.2. The Morgan fingerprint density at radius 1 is 0.457 bits per heavy atom. The summed E-state index contributed by atoms with van der Waals surface area (Å²) in [5, 5.41) is 41.6. The maximum atomic E-state index is 8.79. The van der Waals surface area contributed by atoms with Crippen molar-refractivity contribution >= 4 is 34.2 Å². The lowest BCUT2D eigenvalue weighted by atomic mass is 10.2. The Morgan fingerprint density at radius 3 is 0.978 bits per heavy atom. The van der Waals surface area contributed by atoms with Crippen molar-refractivity contribution < 1.29 is 0 Å². The van der Waals surface area contributed by atoms with E-state index in [-0.39, 0.29) is 0 Å². The van der Waals surface area contributed by atoms with Gasteiger partial charge < -0.3 is 10.6 Å². The van der Waals surface area contributed by atoms with Gasteiger partial charge in [0.2, 0.25) is 0 Å². The van der Waals surface area contributed by atoms with E-state index < -0.39 is 0 Å². The lowest BCUT2D eigenvalue weighted by Crippen LogP contribution is -1.98. The number of aliphatic imine (C=N–C) groups is 2. The second kappa shape index (κ2) is 17.4. The van der Waals surface area contributed by atoms with Crippen LogP contribution in [0.3, 0.4) is 0 Å². The molecule has 0 unspecified atom stereocenters. The molecule has 4 aromatic carbocycles. The van der Waals surface area contributed by atoms with Crippen molar-refractivity contribution in [1.29, 1.82) is 21.0 Å². The summed E-state index contributed by atoms with van der Waals surface area (Å²) in [4.78, 5) is 8.98. The van der Waals surface area contributed by atoms with Gasteiger partial charge in [-0.1, -0.05) is 0 Å². The third-order valence-corrected chi connectivity index (χ3v) is 6.17. The number of anilines is 2. The van der Waals surface area contributed by atoms with Gasteiger partial charge in [-0.15, -0.1) is 0 Å². The Bertz CT molecular complexity index is 1770. The SMILES string of the molecule is CC(/C=C(/C)Nc1ccc(C#N)cc1)=Nc1ccc(C#N)cc1.CC(/C=C(/C)Nc1ccc(C#N)cc1)=Nc1ccc(C#N)cc1. The van der Waals surface area contributed by atoms with Gasteiger partial charge in [0.15, 0.2) is 0 Å². The molecule has 0 aromatic heterocycles. The minimum absolute atomic E-state index is 0.621. The zero-order valence-corrected chi connectivity index (χ0v) is 26.1. The summed E-state index contributed by atoms with van der Waals surface area (Å²) in [6.07, 6.45) is 3.88. The zero-order valence-electron chi connectivity index (χ0n) is 26.1. The minimum Gasteiger partial charge on any atom is -0.359 e. The first-order valence-electron chi connectivity index (χ1n) is 14.2. The molecule has 2 N–H and O–H groups in total. The van der Waals surface area contributed by atoms with Crippen LogP contribution in [0.5, 0.6) is 0 Å². The lowest BCUT2D eigenvalue weighted by molar-refractivity contribution is 1.37. The number of nitriles is 4. The van der Waals surface area contributed by atoms with E-state index in [1.807, 2.05) is 88.4 Å². The molecule has 8 nitrogen and oxygen atoms in total. The van der Waals surface area contributed by atoms with Gasteiger partial charge in [-0.2, -0.15) is 21.0 Å². The monoisotopic (exact) mass is 600 g/mol. The quantitative estimate of drug-likeness (QED) is 0.193. The van der Waals surface area contributed by atoms with Gasteiger partial charge in [0, 0.05) is 34.2 Å². The molecule has 0 aliphatic heterocycles. The molecule has 224 valence electrons. The molecule has 0 spiro atoms. The summed E-state index contributed by atoms with van der Waals surface area (Å²) in [5.41, 5.74) is 9.58. The Hall–Kier alpha value is -6.74. The van der Waals surface area contributed by atoms with E-state index in [0.717, 1.165) is 45.6 Å². The van der Waals surface area contributed by atoms with E-state index in [2.05, 4.69) is 44.9 Å². The molecule has 4 rings (SSSR count). The Kier molecular flexibility index (Phi) is 12.8. The van der Waals surface area contributed by atoms with Crippen molar-refractivity contribution in [2.75, 3.05) is 10.6 Å². The fourth-order valence-electron chi connectivity index (χ4n) is 4.10. The standard InChI is InChI=1S/2C19H16N4/c2*1-14(22-18-7-3-16(12-20)4-8-18)11-15(2)23-19-9-5-17(13-21)6-10-19/h2*3-11,22H,1-2H3/b2*14-11-,23-15?. The number of nitrogens with one attached hydrogen (secondary N) is 2. The molecule has 0 fully saturated rings. The fraction of sp³-hybridized carbons (Fsp3) is 0.105. The number of allylic oxidation sites excluding steroid dienone is 4. The van der Waals surface area contributed by atoms with Crippen LogP contribution >= 0.6 is 0 Å². The van der Waals surface area contributed by atoms with Gasteiger partial charge in [-0.05, 0) is 137 Å². The highest BCUT2D eigenvalue weighted by atomic mass is 14.9. The first-order chi connectivity index (χ1) is 22.2. The Morgan fingerprint density at radius 2 is 0.717 bits per heavy atom. The Balaban J connectivity index is 0.000000250. The van der Waals surface area contributed by atoms with E-state index in [0.29, 0.717) is 22.3 Å². The van der Waals surface area contributed by atoms with Crippen LogP contribution < -0.4 is 10.6 Å². The third-order valence-electron chi connectivity index (χ3n) is 6.17. The molecule has 0 amide bonds. The molecule has 0 saturated heterocycles. The molecule has 0 aliphatic carbocycles. The summed E-state index contributed by atoms with van der Waals surface area (Å²) >= 11 is 0. The first kappa shape index (κ1) is 33.8. The molecule has 46 heavy (non-hydrogen) atoms. The molecular weight excluding hydrogens is 568 g/mol. The predicted octanol–water partition coefficient (Wildman–Crippen LogP) is 9.08. The number of nitrogens with zero attached hydrogens (tertiary/aromatic N) is 6. The van der Waals surface area contributed by atoms with Crippen LogP contribution in [0, 0.1) is 45.3 Å². The molecule has 0 atom stereocenters. The van der Waals surface area contributed by atoms with Crippen molar-refractivity contribution in [1.82, 2.24) is 0 Å². The van der Waals surface area contributed by atoms with Crippen LogP contribution in [0.15, 0.2) is 131 Å². The minimum atomic E-state index is 0.621. The topological polar surface area (TPSA) is 144 Å². The largest absolute Gasteiger partial charge is 0.359 e. The second-order valence-electron chi connectivity index (χ2n) is 10.1. The van der Waals surface area contributed by atoms with E-state index in [1.165, 1.54) is 0 Å². The van der Waals surface area contributed by atoms with Crippen molar-refractivity contribution in [2.24, 2.45) is 9.98 Å². The molecule has 0 bridgehead atoms. The summed E-state index contributed by atoms with van der Waals surface area (Å²) in [7, 11) is 0. The van der Waals surface area contributed by atoms with Crippen molar-refractivity contribution in [3.05, 3.63) is 143 Å². The van der Waals surface area contributed by atoms with Crippen LogP contribution in [0.25, 0.3) is 0 Å². The summed E-state index contributed by atoms with van der Waals surface area (Å²) in [6.45, 7) is 7.75. The van der Waals surface area contributed by atoms with Gasteiger partial charge >= 0.3 is 0 Å². The van der Waals surface area contributed by atoms with Crippen LogP contribution in [0.4, 0.5) is 22.7 Å². The smallest absolute Gasteiger partial charge is 0.0991 e. The highest BCUT2D eigenvalue weighted by Crippen LogP contribution is 2.16. The summed E-state index contributed by atoms with van der Waals surface area (Å²) < 4.78 is 0. The maximum absolute atomic E-state index is 8.79. The molecule has 0 aliphatic rings. The number of benzene rings is 4. The predicted molar refractivity (Wildman–Crippen MR) is 185 cm³/mol. The van der Waals surface area contributed by atoms with Crippen LogP contribution in [0.1, 0.15) is 49.9 Å². The highest BCUT2D eigenvalue weighted by Gasteiger charge is 1.98. The molecule has 8 heteroatoms. The van der Waals surface area contributed by atoms with Gasteiger partial charge in [0.25, 0.3) is 0 Å². The highest BCUT2D eigenvalue weighted by molar-refractivity contribution is 5.96. The normalized spacial score (nSPS) is 11.5. The van der Waals surface area contributed by atoms with E-state index in [9.17, 15) is 0 Å². The van der Waals surface area contributed by atoms with Crippen molar-refractivity contribution in [3.63, 3.8) is 0 Å². The van der Waals surface area contributed by atoms with E-state index in [1.54, 1.807) is 48.5 Å². The molecule has 0 radical (unpaired) electrons. The number of hydrogen-bond donors (Lipinski definition) is 2. The summed E-state index contributed by atoms with van der Waals surface area (Å²) in [5.74, 6) is 0. The molecule has 0 heterocycles. The van der Waals surface area contributed by atoms with Gasteiger partial charge in [-0.3, -0.25) is 9.98 Å². The lowest BCUT2D eigenvalue weighted by Gasteiger charge is -2.06. The Labute approximate surface area is 270 Å². The van der Waals surface area contributed by atoms with Gasteiger partial charge in [0.1, 0.15) is 0 Å². The second-order valence-corrected chi connectivity index (χ2v) is 10.1. The third kappa shape index (κ3) is 11.5. The molecule has 4 aromatic rings. The van der Waals surface area contributed by atoms with Gasteiger partial charge in [-0.25, -0.2) is 0 Å². The van der Waals surface area contributed by atoms with E-state index >= 15 is 0 Å². The van der Waals surface area contributed by atoms with Crippen LogP contribution in [-0.2, 0) is 0 Å². The fourth-order valence-corrected chi connectivity index (χ4v) is 4.10. The van der Waals surface area contributed by atoms with Crippen molar-refractivity contribution in [3.8, 4) is 24.3 Å². The molecule has 0 saturated carbocycles. The average molecular weight is 601 g/mol. The zero-order chi connectivity index (χ0) is 33.3. The molecular formula is C38H32N8. The average Bonchev–Trinajstić information content (AvgIpc) is 3.06.